The Hall–Kier alpha value is 0.130. The normalized spacial score (nSPS) is 12.5. The topological polar surface area (TPSA) is 97.5 Å². The first-order valence-electron chi connectivity index (χ1n) is 3.10. The van der Waals surface area contributed by atoms with Gasteiger partial charge in [0.2, 0.25) is 0 Å². The standard InChI is InChI=1S/C4H8O.C2H6O.ClH.H3N.H2O/c1-2-4-5-3-1;1-2-3;;;/h1-4H2;3H,2H2,1H3;1H;1H3;1H2. The smallest absolute Gasteiger partial charge is 0.0466 e. The van der Waals surface area contributed by atoms with E-state index in [2.05, 4.69) is 0 Å². The largest absolute Gasteiger partial charge is 1.00 e. The minimum absolute atomic E-state index is 0. The Morgan fingerprint density at radius 1 is 1.27 bits per heavy atom. The maximum Gasteiger partial charge on any atom is 0.0466 e. The van der Waals surface area contributed by atoms with Gasteiger partial charge in [-0.25, -0.2) is 0 Å². The first-order chi connectivity index (χ1) is 3.91. The summed E-state index contributed by atoms with van der Waals surface area (Å²) in [6, 6.07) is 0. The molecule has 1 saturated heterocycles. The van der Waals surface area contributed by atoms with Gasteiger partial charge in [0.25, 0.3) is 0 Å². The molecule has 0 aromatic heterocycles. The lowest BCUT2D eigenvalue weighted by molar-refractivity contribution is -0.00000523. The van der Waals surface area contributed by atoms with Crippen molar-refractivity contribution in [3.63, 3.8) is 0 Å². The summed E-state index contributed by atoms with van der Waals surface area (Å²) < 4.78 is 4.94. The molecule has 1 rings (SSSR count). The summed E-state index contributed by atoms with van der Waals surface area (Å²) in [5.74, 6) is 0. The van der Waals surface area contributed by atoms with E-state index < -0.39 is 0 Å². The van der Waals surface area contributed by atoms with E-state index in [0.717, 1.165) is 13.2 Å². The van der Waals surface area contributed by atoms with E-state index in [9.17, 15) is 0 Å². The fraction of sp³-hybridized carbons (Fsp3) is 1.00. The van der Waals surface area contributed by atoms with Crippen molar-refractivity contribution in [2.24, 2.45) is 0 Å². The van der Waals surface area contributed by atoms with E-state index >= 15 is 0 Å². The molecule has 7 N–H and O–H groups in total. The van der Waals surface area contributed by atoms with Gasteiger partial charge in [-0.3, -0.25) is 0 Å². The highest BCUT2D eigenvalue weighted by atomic mass is 35.5. The Kier molecular flexibility index (Phi) is 45.9. The van der Waals surface area contributed by atoms with Crippen LogP contribution in [0.3, 0.4) is 0 Å². The van der Waals surface area contributed by atoms with Gasteiger partial charge >= 0.3 is 0 Å². The molecule has 5 heteroatoms. The summed E-state index contributed by atoms with van der Waals surface area (Å²) in [5, 5.41) is 7.57. The predicted molar refractivity (Wildman–Crippen MR) is 42.4 cm³/mol. The lowest BCUT2D eigenvalue weighted by atomic mass is 10.4. The minimum atomic E-state index is 0. The third kappa shape index (κ3) is 25.4. The second-order valence-electron chi connectivity index (χ2n) is 1.64. The number of ether oxygens (including phenoxy) is 1. The average molecular weight is 190 g/mol. The lowest BCUT2D eigenvalue weighted by Crippen LogP contribution is -3.00. The second kappa shape index (κ2) is 22.5. The zero-order valence-corrected chi connectivity index (χ0v) is 8.02. The highest BCUT2D eigenvalue weighted by Crippen LogP contribution is 1.98. The molecule has 0 bridgehead atoms. The van der Waals surface area contributed by atoms with Crippen molar-refractivity contribution in [2.45, 2.75) is 19.8 Å². The van der Waals surface area contributed by atoms with Crippen LogP contribution >= 0.6 is 0 Å². The van der Waals surface area contributed by atoms with Gasteiger partial charge in [0.05, 0.1) is 0 Å². The molecule has 0 atom stereocenters. The van der Waals surface area contributed by atoms with Crippen LogP contribution in [0.2, 0.25) is 0 Å². The third-order valence-corrected chi connectivity index (χ3v) is 0.827. The van der Waals surface area contributed by atoms with Crippen molar-refractivity contribution in [2.75, 3.05) is 19.8 Å². The minimum Gasteiger partial charge on any atom is -1.00 e. The first kappa shape index (κ1) is 22.5. The van der Waals surface area contributed by atoms with Gasteiger partial charge in [-0.2, -0.15) is 0 Å². The van der Waals surface area contributed by atoms with Crippen LogP contribution in [0.25, 0.3) is 0 Å². The highest BCUT2D eigenvalue weighted by molar-refractivity contribution is 4.43. The molecular weight excluding hydrogens is 170 g/mol. The van der Waals surface area contributed by atoms with E-state index in [0.29, 0.717) is 0 Å². The van der Waals surface area contributed by atoms with Gasteiger partial charge in [0.1, 0.15) is 0 Å². The van der Waals surface area contributed by atoms with Crippen LogP contribution < -0.4 is 18.6 Å². The fourth-order valence-electron chi connectivity index (χ4n) is 0.510. The van der Waals surface area contributed by atoms with Crippen molar-refractivity contribution < 1.29 is 27.7 Å². The molecule has 1 fully saturated rings. The Morgan fingerprint density at radius 3 is 1.64 bits per heavy atom. The average Bonchev–Trinajstić information content (AvgIpc) is 2.17. The Bertz CT molecular complexity index is 37.2. The number of aliphatic hydroxyl groups excluding tert-OH is 1. The van der Waals surface area contributed by atoms with E-state index in [1.165, 1.54) is 12.8 Å². The van der Waals surface area contributed by atoms with Gasteiger partial charge < -0.3 is 33.9 Å². The Balaban J connectivity index is -0.0000000379. The zero-order chi connectivity index (χ0) is 6.24. The summed E-state index contributed by atoms with van der Waals surface area (Å²) in [5.41, 5.74) is 0. The molecule has 0 radical (unpaired) electrons. The van der Waals surface area contributed by atoms with Crippen LogP contribution in [-0.2, 0) is 4.74 Å². The maximum atomic E-state index is 7.57. The number of hydrogen-bond acceptors (Lipinski definition) is 2. The molecular formula is C6H20ClNO3. The van der Waals surface area contributed by atoms with Crippen molar-refractivity contribution in [1.82, 2.24) is 6.15 Å². The van der Waals surface area contributed by atoms with Gasteiger partial charge in [0, 0.05) is 19.8 Å². The molecule has 0 amide bonds. The molecule has 0 aromatic carbocycles. The molecule has 4 nitrogen and oxygen atoms in total. The number of halogens is 1. The fourth-order valence-corrected chi connectivity index (χ4v) is 0.510. The summed E-state index contributed by atoms with van der Waals surface area (Å²) in [6.45, 7) is 3.93. The Labute approximate surface area is 74.2 Å². The lowest BCUT2D eigenvalue weighted by Gasteiger charge is -1.76. The van der Waals surface area contributed by atoms with Crippen LogP contribution in [-0.4, -0.2) is 30.4 Å². The molecule has 0 saturated carbocycles. The molecule has 1 aliphatic rings. The van der Waals surface area contributed by atoms with E-state index in [1.54, 1.807) is 6.92 Å². The number of hydrogen-bond donors (Lipinski definition) is 2. The summed E-state index contributed by atoms with van der Waals surface area (Å²) >= 11 is 0. The van der Waals surface area contributed by atoms with Crippen molar-refractivity contribution in [3.05, 3.63) is 0 Å². The third-order valence-electron chi connectivity index (χ3n) is 0.827. The molecule has 1 heterocycles. The van der Waals surface area contributed by atoms with Crippen LogP contribution in [0, 0.1) is 0 Å². The number of aliphatic hydroxyl groups is 1. The van der Waals surface area contributed by atoms with Gasteiger partial charge in [0.15, 0.2) is 0 Å². The molecule has 74 valence electrons. The van der Waals surface area contributed by atoms with E-state index in [4.69, 9.17) is 9.84 Å². The van der Waals surface area contributed by atoms with Gasteiger partial charge in [-0.15, -0.1) is 0 Å². The van der Waals surface area contributed by atoms with Gasteiger partial charge in [-0.1, -0.05) is 0 Å². The van der Waals surface area contributed by atoms with Crippen LogP contribution in [0.15, 0.2) is 0 Å². The first-order valence-corrected chi connectivity index (χ1v) is 3.10. The molecule has 0 spiro atoms. The molecule has 0 unspecified atom stereocenters. The van der Waals surface area contributed by atoms with Crippen LogP contribution in [0.4, 0.5) is 0 Å². The van der Waals surface area contributed by atoms with Gasteiger partial charge in [-0.05, 0) is 19.8 Å². The van der Waals surface area contributed by atoms with Crippen LogP contribution in [0.1, 0.15) is 19.8 Å². The SMILES string of the molecule is C1CCOC1.CCO.O.[Cl-].[NH4+]. The Morgan fingerprint density at radius 2 is 1.55 bits per heavy atom. The summed E-state index contributed by atoms with van der Waals surface area (Å²) in [7, 11) is 0. The van der Waals surface area contributed by atoms with Crippen molar-refractivity contribution in [3.8, 4) is 0 Å². The van der Waals surface area contributed by atoms with E-state index in [-0.39, 0.29) is 30.6 Å². The molecule has 11 heavy (non-hydrogen) atoms. The highest BCUT2D eigenvalue weighted by Gasteiger charge is 1.94. The van der Waals surface area contributed by atoms with Crippen molar-refractivity contribution in [1.29, 1.82) is 0 Å². The zero-order valence-electron chi connectivity index (χ0n) is 7.27. The maximum absolute atomic E-state index is 7.57. The summed E-state index contributed by atoms with van der Waals surface area (Å²) in [4.78, 5) is 0. The predicted octanol–water partition coefficient (Wildman–Crippen LogP) is -2.65. The quantitative estimate of drug-likeness (QED) is 0.435. The second-order valence-corrected chi connectivity index (χ2v) is 1.64. The number of rotatable bonds is 0. The summed E-state index contributed by atoms with van der Waals surface area (Å²) in [6.07, 6.45) is 2.56. The molecule has 0 aromatic rings. The monoisotopic (exact) mass is 189 g/mol. The van der Waals surface area contributed by atoms with E-state index in [1.807, 2.05) is 0 Å². The molecule has 0 aliphatic carbocycles. The van der Waals surface area contributed by atoms with Crippen molar-refractivity contribution >= 4 is 0 Å². The molecule has 1 aliphatic heterocycles. The van der Waals surface area contributed by atoms with Crippen LogP contribution in [0.5, 0.6) is 0 Å². The number of quaternary nitrogens is 1.